The molecule has 0 atom stereocenters. The Morgan fingerprint density at radius 1 is 0.339 bits per heavy atom. The van der Waals surface area contributed by atoms with Crippen molar-refractivity contribution in [2.75, 3.05) is 72.6 Å². The summed E-state index contributed by atoms with van der Waals surface area (Å²) in [5.41, 5.74) is 0. The molecular weight excluding hydrogens is 755 g/mol. The number of hydrogen-bond donors (Lipinski definition) is 1. The van der Waals surface area contributed by atoms with Crippen molar-refractivity contribution < 1.29 is 0 Å². The van der Waals surface area contributed by atoms with Crippen LogP contribution < -0.4 is 5.32 Å². The second-order valence-electron chi connectivity index (χ2n) is 20.6. The molecule has 1 N–H and O–H groups in total. The fourth-order valence-electron chi connectivity index (χ4n) is 9.97. The zero-order valence-electron chi connectivity index (χ0n) is 43.8. The van der Waals surface area contributed by atoms with Crippen molar-refractivity contribution in [2.45, 2.75) is 297 Å². The minimum absolute atomic E-state index is 1.05. The molecular formula is C57H119N5. The lowest BCUT2D eigenvalue weighted by Gasteiger charge is -2.33. The van der Waals surface area contributed by atoms with Gasteiger partial charge in [-0.1, -0.05) is 265 Å². The summed E-state index contributed by atoms with van der Waals surface area (Å²) in [5.74, 6) is 0. The Kier molecular flexibility index (Phi) is 48.4. The zero-order valence-corrected chi connectivity index (χ0v) is 43.8. The number of hydrazine groups is 1. The van der Waals surface area contributed by atoms with E-state index in [1.54, 1.807) is 0 Å². The van der Waals surface area contributed by atoms with E-state index in [2.05, 4.69) is 53.0 Å². The van der Waals surface area contributed by atoms with Crippen LogP contribution in [0.1, 0.15) is 297 Å². The Balaban J connectivity index is 0.000000848. The summed E-state index contributed by atoms with van der Waals surface area (Å²) in [6.07, 6.45) is 62.1. The molecule has 5 nitrogen and oxygen atoms in total. The van der Waals surface area contributed by atoms with Gasteiger partial charge in [0.15, 0.2) is 0 Å². The van der Waals surface area contributed by atoms with E-state index in [4.69, 9.17) is 0 Å². The van der Waals surface area contributed by atoms with Gasteiger partial charge in [0.2, 0.25) is 0 Å². The molecule has 0 aliphatic carbocycles. The molecule has 0 aromatic carbocycles. The van der Waals surface area contributed by atoms with Gasteiger partial charge in [-0.2, -0.15) is 0 Å². The van der Waals surface area contributed by atoms with Gasteiger partial charge in [0.1, 0.15) is 0 Å². The number of nitrogens with one attached hydrogen (secondary N) is 1. The van der Waals surface area contributed by atoms with Gasteiger partial charge in [0.05, 0.1) is 6.67 Å². The lowest BCUT2D eigenvalue weighted by molar-refractivity contribution is -0.0132. The van der Waals surface area contributed by atoms with Crippen LogP contribution in [-0.2, 0) is 0 Å². The average molecular weight is 875 g/mol. The molecule has 0 radical (unpaired) electrons. The largest absolute Gasteiger partial charge is 0.306 e. The SMILES string of the molecule is CCCCCCCCCCCCN(CCN1CCCCCCCCCCCCCCCCCCCCCC1)N1CCNC1.CCCCCCCCCN(C)CCCCCCCC. The smallest absolute Gasteiger partial charge is 0.0624 e. The first-order chi connectivity index (χ1) is 30.7. The summed E-state index contributed by atoms with van der Waals surface area (Å²) >= 11 is 0. The van der Waals surface area contributed by atoms with Crippen LogP contribution in [0.3, 0.4) is 0 Å². The van der Waals surface area contributed by atoms with Crippen LogP contribution in [-0.4, -0.2) is 92.4 Å². The van der Waals surface area contributed by atoms with Gasteiger partial charge in [-0.3, -0.25) is 0 Å². The fourth-order valence-corrected chi connectivity index (χ4v) is 9.97. The predicted octanol–water partition coefficient (Wildman–Crippen LogP) is 17.1. The Hall–Kier alpha value is -0.200. The van der Waals surface area contributed by atoms with Crippen LogP contribution >= 0.6 is 0 Å². The average Bonchev–Trinajstić information content (AvgIpc) is 3.82. The molecule has 62 heavy (non-hydrogen) atoms. The van der Waals surface area contributed by atoms with E-state index in [9.17, 15) is 0 Å². The highest BCUT2D eigenvalue weighted by molar-refractivity contribution is 4.69. The molecule has 0 amide bonds. The second-order valence-corrected chi connectivity index (χ2v) is 20.6. The van der Waals surface area contributed by atoms with Crippen molar-refractivity contribution in [2.24, 2.45) is 0 Å². The van der Waals surface area contributed by atoms with Crippen molar-refractivity contribution >= 4 is 0 Å². The third-order valence-electron chi connectivity index (χ3n) is 14.4. The highest BCUT2D eigenvalue weighted by atomic mass is 15.7. The summed E-state index contributed by atoms with van der Waals surface area (Å²) < 4.78 is 0. The minimum atomic E-state index is 1.05. The first kappa shape index (κ1) is 59.8. The van der Waals surface area contributed by atoms with Crippen LogP contribution in [0, 0.1) is 0 Å². The van der Waals surface area contributed by atoms with Crippen LogP contribution in [0.5, 0.6) is 0 Å². The number of hydrogen-bond acceptors (Lipinski definition) is 5. The van der Waals surface area contributed by atoms with Crippen molar-refractivity contribution in [3.05, 3.63) is 0 Å². The highest BCUT2D eigenvalue weighted by Crippen LogP contribution is 2.17. The summed E-state index contributed by atoms with van der Waals surface area (Å²) in [7, 11) is 2.29. The molecule has 2 heterocycles. The van der Waals surface area contributed by atoms with Gasteiger partial charge in [0.25, 0.3) is 0 Å². The summed E-state index contributed by atoms with van der Waals surface area (Å²) in [6.45, 7) is 19.3. The van der Waals surface area contributed by atoms with Crippen LogP contribution in [0.15, 0.2) is 0 Å². The monoisotopic (exact) mass is 874 g/mol. The molecule has 0 bridgehead atoms. The Bertz CT molecular complexity index is 793. The number of unbranched alkanes of at least 4 members (excludes halogenated alkanes) is 20. The maximum atomic E-state index is 3.59. The first-order valence-corrected chi connectivity index (χ1v) is 29.3. The van der Waals surface area contributed by atoms with E-state index >= 15 is 0 Å². The van der Waals surface area contributed by atoms with Crippen molar-refractivity contribution in [1.82, 2.24) is 25.1 Å². The van der Waals surface area contributed by atoms with E-state index < -0.39 is 0 Å². The van der Waals surface area contributed by atoms with E-state index in [0.717, 1.165) is 13.2 Å². The Morgan fingerprint density at radius 2 is 0.645 bits per heavy atom. The molecule has 2 aliphatic heterocycles. The van der Waals surface area contributed by atoms with Crippen molar-refractivity contribution in [3.8, 4) is 0 Å². The van der Waals surface area contributed by atoms with Gasteiger partial charge in [-0.05, 0) is 65.3 Å². The fraction of sp³-hybridized carbons (Fsp3) is 1.00. The van der Waals surface area contributed by atoms with Gasteiger partial charge in [-0.15, -0.1) is 0 Å². The van der Waals surface area contributed by atoms with Gasteiger partial charge >= 0.3 is 0 Å². The van der Waals surface area contributed by atoms with Crippen LogP contribution in [0.2, 0.25) is 0 Å². The topological polar surface area (TPSA) is 25.0 Å². The van der Waals surface area contributed by atoms with Gasteiger partial charge < -0.3 is 15.1 Å². The molecule has 0 aromatic rings. The highest BCUT2D eigenvalue weighted by Gasteiger charge is 2.19. The van der Waals surface area contributed by atoms with Crippen LogP contribution in [0.4, 0.5) is 0 Å². The summed E-state index contributed by atoms with van der Waals surface area (Å²) in [5, 5.41) is 8.94. The van der Waals surface area contributed by atoms with Crippen molar-refractivity contribution in [3.63, 3.8) is 0 Å². The molecule has 2 fully saturated rings. The third-order valence-corrected chi connectivity index (χ3v) is 14.4. The molecule has 5 heteroatoms. The normalized spacial score (nSPS) is 18.3. The molecule has 0 spiro atoms. The molecule has 0 aromatic heterocycles. The standard InChI is InChI=1S/C39H80N4.C18H39N/c1-2-3-4-5-6-7-22-25-28-31-35-42(43-36-32-40-39-43)38-37-41-33-29-26-23-20-18-16-14-12-10-8-9-11-13-15-17-19-21-24-27-30-34-41;1-4-6-8-10-12-14-16-18-19(3)17-15-13-11-9-7-5-2/h40H,2-39H2,1H3;4-18H2,1-3H3. The lowest BCUT2D eigenvalue weighted by atomic mass is 10.0. The molecule has 372 valence electrons. The minimum Gasteiger partial charge on any atom is -0.306 e. The molecule has 2 rings (SSSR count). The summed E-state index contributed by atoms with van der Waals surface area (Å²) in [6, 6.07) is 0. The summed E-state index contributed by atoms with van der Waals surface area (Å²) in [4.78, 5) is 5.39. The lowest BCUT2D eigenvalue weighted by Crippen LogP contribution is -2.46. The van der Waals surface area contributed by atoms with E-state index in [0.29, 0.717) is 0 Å². The van der Waals surface area contributed by atoms with E-state index in [-0.39, 0.29) is 0 Å². The second kappa shape index (κ2) is 50.2. The van der Waals surface area contributed by atoms with E-state index in [1.165, 1.54) is 328 Å². The third kappa shape index (κ3) is 42.4. The first-order valence-electron chi connectivity index (χ1n) is 29.3. The van der Waals surface area contributed by atoms with Crippen molar-refractivity contribution in [1.29, 1.82) is 0 Å². The maximum absolute atomic E-state index is 3.59. The Labute approximate surface area is 393 Å². The Morgan fingerprint density at radius 3 is 0.968 bits per heavy atom. The molecule has 2 aliphatic rings. The van der Waals surface area contributed by atoms with Gasteiger partial charge in [-0.25, -0.2) is 10.0 Å². The predicted molar refractivity (Wildman–Crippen MR) is 281 cm³/mol. The molecule has 0 unspecified atom stereocenters. The molecule has 2 saturated heterocycles. The number of nitrogens with zero attached hydrogens (tertiary/aromatic N) is 4. The molecule has 0 saturated carbocycles. The number of rotatable bonds is 30. The zero-order chi connectivity index (χ0) is 44.5. The maximum Gasteiger partial charge on any atom is 0.0624 e. The van der Waals surface area contributed by atoms with Crippen LogP contribution in [0.25, 0.3) is 0 Å². The van der Waals surface area contributed by atoms with E-state index in [1.807, 2.05) is 0 Å². The van der Waals surface area contributed by atoms with Gasteiger partial charge in [0, 0.05) is 32.7 Å². The quantitative estimate of drug-likeness (QED) is 0.0725.